The monoisotopic (exact) mass is 418 g/mol. The molecule has 86 valence electrons. The van der Waals surface area contributed by atoms with E-state index in [1.165, 1.54) is 20.4 Å². The second kappa shape index (κ2) is 5.34. The third-order valence-corrected chi connectivity index (χ3v) is 16.1. The minimum atomic E-state index is 0.792. The first-order valence-electron chi connectivity index (χ1n) is 4.87. The second-order valence-corrected chi connectivity index (χ2v) is 14.2. The van der Waals surface area contributed by atoms with Crippen LogP contribution in [0.25, 0.3) is 0 Å². The van der Waals surface area contributed by atoms with Gasteiger partial charge in [-0.25, -0.2) is 0 Å². The summed E-state index contributed by atoms with van der Waals surface area (Å²) in [4.78, 5) is 2.99. The zero-order valence-electron chi connectivity index (χ0n) is 8.86. The van der Waals surface area contributed by atoms with Gasteiger partial charge < -0.3 is 0 Å². The van der Waals surface area contributed by atoms with E-state index in [1.807, 2.05) is 23.5 Å². The molecule has 0 bridgehead atoms. The van der Waals surface area contributed by atoms with Crippen LogP contribution in [0.3, 0.4) is 0 Å². The molecule has 0 N–H and O–H groups in total. The van der Waals surface area contributed by atoms with Crippen LogP contribution in [0, 0.1) is 0 Å². The van der Waals surface area contributed by atoms with Crippen molar-refractivity contribution in [1.82, 2.24) is 0 Å². The Hall–Kier alpha value is 1.66. The molecule has 0 saturated carbocycles. The molecule has 3 aliphatic rings. The number of rotatable bonds is 0. The maximum absolute atomic E-state index is 2.24. The third kappa shape index (κ3) is 2.50. The van der Waals surface area contributed by atoms with Crippen molar-refractivity contribution in [2.75, 3.05) is 0 Å². The number of hydrogen-bond donors (Lipinski definition) is 0. The Morgan fingerprint density at radius 3 is 1.69 bits per heavy atom. The molecule has 0 spiro atoms. The van der Waals surface area contributed by atoms with Gasteiger partial charge in [0.05, 0.1) is 0 Å². The van der Waals surface area contributed by atoms with Crippen LogP contribution in [0.4, 0.5) is 0 Å². The quantitative estimate of drug-likeness (QED) is 0.525. The summed E-state index contributed by atoms with van der Waals surface area (Å²) in [7, 11) is 0. The fraction of sp³-hybridized carbons (Fsp3) is 0.400. The maximum atomic E-state index is 2.24. The van der Waals surface area contributed by atoms with Crippen molar-refractivity contribution in [3.63, 3.8) is 0 Å². The Balaban J connectivity index is 1.79. The summed E-state index contributed by atoms with van der Waals surface area (Å²) >= 11 is 9.74. The van der Waals surface area contributed by atoms with Crippen molar-refractivity contribution in [2.45, 2.75) is 24.5 Å². The van der Waals surface area contributed by atoms with Gasteiger partial charge >= 0.3 is 127 Å². The summed E-state index contributed by atoms with van der Waals surface area (Å²) < 4.78 is 6.65. The van der Waals surface area contributed by atoms with E-state index in [4.69, 9.17) is 0 Å². The van der Waals surface area contributed by atoms with Crippen molar-refractivity contribution >= 4 is 77.0 Å². The molecule has 3 heterocycles. The van der Waals surface area contributed by atoms with Crippen molar-refractivity contribution in [3.8, 4) is 0 Å². The molecule has 3 rings (SSSR count). The van der Waals surface area contributed by atoms with Crippen molar-refractivity contribution in [2.24, 2.45) is 0 Å². The van der Waals surface area contributed by atoms with E-state index in [0.29, 0.717) is 0 Å². The number of thioether (sulfide) groups is 4. The van der Waals surface area contributed by atoms with Crippen molar-refractivity contribution in [3.05, 3.63) is 25.9 Å². The number of hydrogen-bond acceptors (Lipinski definition) is 4. The Bertz CT molecular complexity index is 400. The Kier molecular flexibility index (Phi) is 4.23. The first-order chi connectivity index (χ1) is 7.74. The normalized spacial score (nSPS) is 25.9. The van der Waals surface area contributed by atoms with E-state index in [0.717, 1.165) is 29.9 Å². The van der Waals surface area contributed by atoms with Gasteiger partial charge in [0.15, 0.2) is 0 Å². The SMILES string of the molecule is CC1=C(C)SC(=C2SC3=C(S2)[Se]CC[Se]3)S1. The summed E-state index contributed by atoms with van der Waals surface area (Å²) in [5.74, 6) is 0. The molecular weight excluding hydrogens is 406 g/mol. The molecule has 0 nitrogen and oxygen atoms in total. The van der Waals surface area contributed by atoms with Gasteiger partial charge in [-0.2, -0.15) is 0 Å². The topological polar surface area (TPSA) is 0 Å². The van der Waals surface area contributed by atoms with E-state index in [-0.39, 0.29) is 0 Å². The Labute approximate surface area is 126 Å². The van der Waals surface area contributed by atoms with Gasteiger partial charge in [0.25, 0.3) is 0 Å². The first kappa shape index (κ1) is 12.7. The molecule has 0 saturated heterocycles. The van der Waals surface area contributed by atoms with E-state index in [1.54, 1.807) is 16.1 Å². The summed E-state index contributed by atoms with van der Waals surface area (Å²) in [6.07, 6.45) is 0. The average molecular weight is 416 g/mol. The van der Waals surface area contributed by atoms with Gasteiger partial charge in [-0.3, -0.25) is 0 Å². The van der Waals surface area contributed by atoms with E-state index in [9.17, 15) is 0 Å². The van der Waals surface area contributed by atoms with Crippen LogP contribution >= 0.6 is 47.0 Å². The van der Waals surface area contributed by atoms with Gasteiger partial charge in [-0.05, 0) is 0 Å². The van der Waals surface area contributed by atoms with Gasteiger partial charge in [0.2, 0.25) is 0 Å². The molecule has 0 unspecified atom stereocenters. The summed E-state index contributed by atoms with van der Waals surface area (Å²) in [6, 6.07) is 0. The molecule has 0 fully saturated rings. The summed E-state index contributed by atoms with van der Waals surface area (Å²) in [5.41, 5.74) is 0. The van der Waals surface area contributed by atoms with Gasteiger partial charge in [0, 0.05) is 0 Å². The van der Waals surface area contributed by atoms with Crippen LogP contribution in [-0.2, 0) is 0 Å². The average Bonchev–Trinajstić information content (AvgIpc) is 2.83. The van der Waals surface area contributed by atoms with Crippen molar-refractivity contribution < 1.29 is 0 Å². The second-order valence-electron chi connectivity index (χ2n) is 3.37. The number of allylic oxidation sites excluding steroid dienone is 2. The molecule has 0 radical (unpaired) electrons. The molecule has 3 aliphatic heterocycles. The molecular formula is C10H10S4Se2. The zero-order chi connectivity index (χ0) is 11.1. The fourth-order valence-electron chi connectivity index (χ4n) is 1.33. The summed E-state index contributed by atoms with van der Waals surface area (Å²) in [5, 5.41) is 2.97. The first-order valence-corrected chi connectivity index (χ1v) is 12.3. The van der Waals surface area contributed by atoms with E-state index in [2.05, 4.69) is 37.4 Å². The van der Waals surface area contributed by atoms with Crippen LogP contribution in [0.1, 0.15) is 13.8 Å². The third-order valence-electron chi connectivity index (χ3n) is 2.24. The van der Waals surface area contributed by atoms with E-state index < -0.39 is 0 Å². The van der Waals surface area contributed by atoms with E-state index >= 15 is 0 Å². The summed E-state index contributed by atoms with van der Waals surface area (Å²) in [6.45, 7) is 4.48. The molecule has 0 aromatic rings. The van der Waals surface area contributed by atoms with Crippen LogP contribution in [0.5, 0.6) is 0 Å². The van der Waals surface area contributed by atoms with Crippen LogP contribution in [0.15, 0.2) is 25.9 Å². The predicted octanol–water partition coefficient (Wildman–Crippen LogP) is 4.71. The van der Waals surface area contributed by atoms with Crippen LogP contribution < -0.4 is 0 Å². The molecule has 6 heteroatoms. The van der Waals surface area contributed by atoms with Crippen LogP contribution in [0.2, 0.25) is 10.6 Å². The Morgan fingerprint density at radius 1 is 0.750 bits per heavy atom. The fourth-order valence-corrected chi connectivity index (χ4v) is 15.4. The van der Waals surface area contributed by atoms with Gasteiger partial charge in [-0.1, -0.05) is 0 Å². The van der Waals surface area contributed by atoms with Gasteiger partial charge in [0.1, 0.15) is 0 Å². The Morgan fingerprint density at radius 2 is 1.19 bits per heavy atom. The van der Waals surface area contributed by atoms with Gasteiger partial charge in [-0.15, -0.1) is 0 Å². The molecule has 0 aliphatic carbocycles. The minimum absolute atomic E-state index is 0.792. The van der Waals surface area contributed by atoms with Crippen LogP contribution in [-0.4, -0.2) is 29.9 Å². The predicted molar refractivity (Wildman–Crippen MR) is 83.9 cm³/mol. The molecule has 0 amide bonds. The molecule has 0 aromatic carbocycles. The zero-order valence-corrected chi connectivity index (χ0v) is 15.6. The molecule has 16 heavy (non-hydrogen) atoms. The molecule has 0 atom stereocenters. The molecule has 0 aromatic heterocycles. The van der Waals surface area contributed by atoms with Crippen molar-refractivity contribution in [1.29, 1.82) is 0 Å². The standard InChI is InChI=1S/C10H10S4Se2/c1-5-6(2)12-7(11-5)8-13-9-10(14-8)16-4-3-15-9/h3-4H2,1-2H3.